The minimum absolute atomic E-state index is 0.237. The van der Waals surface area contributed by atoms with Crippen molar-refractivity contribution in [2.24, 2.45) is 0 Å². The van der Waals surface area contributed by atoms with E-state index in [0.29, 0.717) is 0 Å². The minimum atomic E-state index is 0.237. The molecule has 0 amide bonds. The summed E-state index contributed by atoms with van der Waals surface area (Å²) in [5.74, 6) is 0. The van der Waals surface area contributed by atoms with Crippen LogP contribution >= 0.6 is 0 Å². The standard InChI is InChI=1S/C13H17NO.C2H6/c1-2-5-11-7-9-14-8-4-10-15-13(14)12(11)6-3-1;1-2/h1,3,5-6,13H,2,4,7-10H2;1-2H3. The summed E-state index contributed by atoms with van der Waals surface area (Å²) in [5, 5.41) is 0. The molecule has 0 N–H and O–H groups in total. The first-order chi connectivity index (χ1) is 8.45. The zero-order valence-electron chi connectivity index (χ0n) is 11.0. The molecule has 3 rings (SSSR count). The molecule has 17 heavy (non-hydrogen) atoms. The van der Waals surface area contributed by atoms with Gasteiger partial charge in [0.1, 0.15) is 6.23 Å². The lowest BCUT2D eigenvalue weighted by Crippen LogP contribution is -2.47. The molecule has 2 heteroatoms. The number of rotatable bonds is 0. The number of fused-ring (bicyclic) bond motifs is 3. The zero-order chi connectivity index (χ0) is 12.1. The highest BCUT2D eigenvalue weighted by atomic mass is 16.5. The Hall–Kier alpha value is -0.860. The summed E-state index contributed by atoms with van der Waals surface area (Å²) < 4.78 is 5.89. The van der Waals surface area contributed by atoms with Crippen LogP contribution in [-0.2, 0) is 4.74 Å². The van der Waals surface area contributed by atoms with Gasteiger partial charge in [0.25, 0.3) is 0 Å². The molecule has 1 aliphatic carbocycles. The molecule has 94 valence electrons. The van der Waals surface area contributed by atoms with E-state index in [-0.39, 0.29) is 6.23 Å². The van der Waals surface area contributed by atoms with Crippen LogP contribution in [0, 0.1) is 0 Å². The molecule has 2 aliphatic heterocycles. The highest BCUT2D eigenvalue weighted by Crippen LogP contribution is 2.32. The lowest BCUT2D eigenvalue weighted by molar-refractivity contribution is -0.0769. The lowest BCUT2D eigenvalue weighted by Gasteiger charge is -2.41. The average Bonchev–Trinajstić information content (AvgIpc) is 2.66. The molecule has 0 aromatic carbocycles. The third-order valence-electron chi connectivity index (χ3n) is 3.41. The Kier molecular flexibility index (Phi) is 4.57. The summed E-state index contributed by atoms with van der Waals surface area (Å²) in [5.41, 5.74) is 2.90. The van der Waals surface area contributed by atoms with Gasteiger partial charge in [-0.05, 0) is 30.4 Å². The van der Waals surface area contributed by atoms with E-state index in [1.54, 1.807) is 0 Å². The second-order valence-electron chi connectivity index (χ2n) is 4.38. The molecule has 2 heterocycles. The minimum Gasteiger partial charge on any atom is -0.359 e. The molecule has 0 aromatic rings. The van der Waals surface area contributed by atoms with Gasteiger partial charge in [0.15, 0.2) is 0 Å². The van der Waals surface area contributed by atoms with Crippen molar-refractivity contribution in [3.05, 3.63) is 35.5 Å². The molecule has 2 nitrogen and oxygen atoms in total. The van der Waals surface area contributed by atoms with Crippen LogP contribution in [0.1, 0.15) is 33.1 Å². The maximum atomic E-state index is 5.89. The first-order valence-electron chi connectivity index (χ1n) is 6.87. The van der Waals surface area contributed by atoms with Crippen LogP contribution < -0.4 is 0 Å². The molecule has 0 saturated carbocycles. The van der Waals surface area contributed by atoms with Gasteiger partial charge in [0.05, 0.1) is 6.61 Å². The predicted molar refractivity (Wildman–Crippen MR) is 71.8 cm³/mol. The molecule has 1 atom stereocenters. The smallest absolute Gasteiger partial charge is 0.137 e. The molecule has 3 aliphatic rings. The Morgan fingerprint density at radius 1 is 1.29 bits per heavy atom. The van der Waals surface area contributed by atoms with Crippen LogP contribution in [0.15, 0.2) is 35.5 Å². The first kappa shape index (κ1) is 12.6. The van der Waals surface area contributed by atoms with Gasteiger partial charge >= 0.3 is 0 Å². The van der Waals surface area contributed by atoms with Crippen LogP contribution in [-0.4, -0.2) is 30.8 Å². The van der Waals surface area contributed by atoms with Gasteiger partial charge in [-0.1, -0.05) is 38.2 Å². The van der Waals surface area contributed by atoms with E-state index in [1.807, 2.05) is 13.8 Å². The normalized spacial score (nSPS) is 27.8. The van der Waals surface area contributed by atoms with E-state index in [1.165, 1.54) is 30.5 Å². The van der Waals surface area contributed by atoms with Crippen molar-refractivity contribution in [1.82, 2.24) is 4.90 Å². The Morgan fingerprint density at radius 2 is 2.18 bits per heavy atom. The molecular formula is C15H23NO. The van der Waals surface area contributed by atoms with Crippen LogP contribution in [0.4, 0.5) is 0 Å². The second-order valence-corrected chi connectivity index (χ2v) is 4.38. The predicted octanol–water partition coefficient (Wildman–Crippen LogP) is 3.28. The molecule has 0 spiro atoms. The second kappa shape index (κ2) is 6.18. The molecule has 0 aromatic heterocycles. The van der Waals surface area contributed by atoms with Crippen molar-refractivity contribution >= 4 is 0 Å². The van der Waals surface area contributed by atoms with Crippen molar-refractivity contribution in [3.8, 4) is 0 Å². The zero-order valence-corrected chi connectivity index (χ0v) is 11.0. The molecule has 2 saturated heterocycles. The number of allylic oxidation sites excluding steroid dienone is 4. The molecule has 1 unspecified atom stereocenters. The van der Waals surface area contributed by atoms with Crippen molar-refractivity contribution in [3.63, 3.8) is 0 Å². The SMILES string of the molecule is C1=CCC=C2CCN3CCCOC3C2=C1.CC. The van der Waals surface area contributed by atoms with Crippen LogP contribution in [0.3, 0.4) is 0 Å². The maximum absolute atomic E-state index is 5.89. The van der Waals surface area contributed by atoms with Gasteiger partial charge < -0.3 is 4.74 Å². The van der Waals surface area contributed by atoms with E-state index < -0.39 is 0 Å². The summed E-state index contributed by atoms with van der Waals surface area (Å²) in [6.45, 7) is 7.27. The van der Waals surface area contributed by atoms with Gasteiger partial charge in [-0.15, -0.1) is 0 Å². The van der Waals surface area contributed by atoms with E-state index in [0.717, 1.165) is 19.6 Å². The van der Waals surface area contributed by atoms with Gasteiger partial charge in [-0.25, -0.2) is 0 Å². The van der Waals surface area contributed by atoms with Crippen LogP contribution in [0.5, 0.6) is 0 Å². The van der Waals surface area contributed by atoms with E-state index in [2.05, 4.69) is 29.2 Å². The van der Waals surface area contributed by atoms with Gasteiger partial charge in [-0.2, -0.15) is 0 Å². The number of hydrogen-bond donors (Lipinski definition) is 0. The number of ether oxygens (including phenoxy) is 1. The summed E-state index contributed by atoms with van der Waals surface area (Å²) in [6.07, 6.45) is 12.6. The van der Waals surface area contributed by atoms with Crippen molar-refractivity contribution in [1.29, 1.82) is 0 Å². The van der Waals surface area contributed by atoms with Crippen molar-refractivity contribution in [2.75, 3.05) is 19.7 Å². The van der Waals surface area contributed by atoms with Gasteiger partial charge in [-0.3, -0.25) is 4.90 Å². The highest BCUT2D eigenvalue weighted by Gasteiger charge is 2.31. The third kappa shape index (κ3) is 2.70. The first-order valence-corrected chi connectivity index (χ1v) is 6.87. The Bertz CT molecular complexity index is 341. The van der Waals surface area contributed by atoms with Crippen molar-refractivity contribution < 1.29 is 4.74 Å². The fraction of sp³-hybridized carbons (Fsp3) is 0.600. The monoisotopic (exact) mass is 233 g/mol. The quantitative estimate of drug-likeness (QED) is 0.636. The molecular weight excluding hydrogens is 210 g/mol. The van der Waals surface area contributed by atoms with Crippen LogP contribution in [0.2, 0.25) is 0 Å². The fourth-order valence-corrected chi connectivity index (χ4v) is 2.64. The molecule has 0 radical (unpaired) electrons. The molecule has 0 bridgehead atoms. The largest absolute Gasteiger partial charge is 0.359 e. The lowest BCUT2D eigenvalue weighted by atomic mass is 9.94. The Balaban J connectivity index is 0.000000514. The number of nitrogens with zero attached hydrogens (tertiary/aromatic N) is 1. The van der Waals surface area contributed by atoms with Gasteiger partial charge in [0.2, 0.25) is 0 Å². The topological polar surface area (TPSA) is 12.5 Å². The Labute approximate surface area is 105 Å². The van der Waals surface area contributed by atoms with Crippen molar-refractivity contribution in [2.45, 2.75) is 39.3 Å². The third-order valence-corrected chi connectivity index (χ3v) is 3.41. The summed E-state index contributed by atoms with van der Waals surface area (Å²) >= 11 is 0. The van der Waals surface area contributed by atoms with Gasteiger partial charge in [0, 0.05) is 13.1 Å². The van der Waals surface area contributed by atoms with E-state index >= 15 is 0 Å². The van der Waals surface area contributed by atoms with E-state index in [9.17, 15) is 0 Å². The highest BCUT2D eigenvalue weighted by molar-refractivity contribution is 5.41. The summed E-state index contributed by atoms with van der Waals surface area (Å²) in [7, 11) is 0. The average molecular weight is 233 g/mol. The number of piperidine rings is 1. The summed E-state index contributed by atoms with van der Waals surface area (Å²) in [6, 6.07) is 0. The van der Waals surface area contributed by atoms with E-state index in [4.69, 9.17) is 4.74 Å². The number of hydrogen-bond acceptors (Lipinski definition) is 2. The molecule has 2 fully saturated rings. The summed E-state index contributed by atoms with van der Waals surface area (Å²) in [4.78, 5) is 2.46. The maximum Gasteiger partial charge on any atom is 0.137 e. The van der Waals surface area contributed by atoms with Crippen LogP contribution in [0.25, 0.3) is 0 Å². The fourth-order valence-electron chi connectivity index (χ4n) is 2.64. The Morgan fingerprint density at radius 3 is 3.06 bits per heavy atom.